The van der Waals surface area contributed by atoms with Crippen molar-refractivity contribution in [3.05, 3.63) is 42.5 Å². The molecule has 5 nitrogen and oxygen atoms in total. The van der Waals surface area contributed by atoms with Gasteiger partial charge in [-0.3, -0.25) is 10.7 Å². The van der Waals surface area contributed by atoms with E-state index in [0.29, 0.717) is 5.75 Å². The zero-order valence-electron chi connectivity index (χ0n) is 11.4. The van der Waals surface area contributed by atoms with Crippen molar-refractivity contribution in [3.8, 4) is 5.75 Å². The Kier molecular flexibility index (Phi) is 5.45. The normalized spacial score (nSPS) is 13.2. The molecular weight excluding hydrogens is 288 g/mol. The van der Waals surface area contributed by atoms with Gasteiger partial charge >= 0.3 is 5.17 Å². The molecule has 110 valence electrons. The van der Waals surface area contributed by atoms with Crippen LogP contribution in [0.3, 0.4) is 0 Å². The van der Waals surface area contributed by atoms with Gasteiger partial charge in [-0.1, -0.05) is 30.3 Å². The number of hydrogen-bond acceptors (Lipinski definition) is 5. The number of hydrogen-bond donors (Lipinski definition) is 2. The van der Waals surface area contributed by atoms with Gasteiger partial charge in [-0.25, -0.2) is 0 Å². The Labute approximate surface area is 126 Å². The maximum absolute atomic E-state index is 10.2. The number of thioether (sulfide) groups is 1. The summed E-state index contributed by atoms with van der Waals surface area (Å²) in [6, 6.07) is 13.2. The smallest absolute Gasteiger partial charge is 0.302 e. The zero-order valence-corrected chi connectivity index (χ0v) is 12.2. The average molecular weight is 304 g/mol. The van der Waals surface area contributed by atoms with Gasteiger partial charge < -0.3 is 14.6 Å². The molecule has 0 aromatic heterocycles. The minimum atomic E-state index is -1.22. The number of nitrogens with two attached hydrogens (primary N) is 1. The number of amidine groups is 1. The van der Waals surface area contributed by atoms with Crippen LogP contribution in [0.1, 0.15) is 0 Å². The van der Waals surface area contributed by atoms with Crippen molar-refractivity contribution in [2.75, 3.05) is 18.9 Å². The molecule has 0 radical (unpaired) electrons. The summed E-state index contributed by atoms with van der Waals surface area (Å²) < 4.78 is 5.01. The Morgan fingerprint density at radius 1 is 1.29 bits per heavy atom. The molecule has 2 aromatic rings. The lowest BCUT2D eigenvalue weighted by Crippen LogP contribution is -2.71. The number of ether oxygens (including phenoxy) is 1. The van der Waals surface area contributed by atoms with Gasteiger partial charge in [0.15, 0.2) is 0 Å². The predicted molar refractivity (Wildman–Crippen MR) is 81.9 cm³/mol. The number of carboxylic acids is 1. The third kappa shape index (κ3) is 5.00. The SMILES string of the molecule is NC1=[NH+]CCS1.O=C([O-])COc1ccc2ccccc2c1. The van der Waals surface area contributed by atoms with Crippen LogP contribution in [0.5, 0.6) is 5.75 Å². The maximum atomic E-state index is 10.2. The van der Waals surface area contributed by atoms with Crippen molar-refractivity contribution < 1.29 is 19.6 Å². The first kappa shape index (κ1) is 15.2. The molecule has 1 heterocycles. The van der Waals surface area contributed by atoms with Gasteiger partial charge in [0.2, 0.25) is 0 Å². The number of aliphatic carboxylic acids is 1. The minimum Gasteiger partial charge on any atom is -0.546 e. The number of carboxylic acid groups (broad SMARTS) is 1. The number of benzene rings is 2. The van der Waals surface area contributed by atoms with Gasteiger partial charge in [0.1, 0.15) is 12.4 Å². The summed E-state index contributed by atoms with van der Waals surface area (Å²) in [5.74, 6) is 0.451. The van der Waals surface area contributed by atoms with Crippen molar-refractivity contribution in [2.45, 2.75) is 0 Å². The van der Waals surface area contributed by atoms with Crippen LogP contribution in [0.4, 0.5) is 0 Å². The Morgan fingerprint density at radius 2 is 2.05 bits per heavy atom. The Hall–Kier alpha value is -2.21. The fraction of sp³-hybridized carbons (Fsp3) is 0.200. The van der Waals surface area contributed by atoms with Gasteiger partial charge in [0.05, 0.1) is 12.5 Å². The minimum absolute atomic E-state index is 0.418. The molecule has 0 spiro atoms. The van der Waals surface area contributed by atoms with E-state index in [9.17, 15) is 9.90 Å². The second-order valence-corrected chi connectivity index (χ2v) is 5.45. The van der Waals surface area contributed by atoms with Crippen molar-refractivity contribution in [3.63, 3.8) is 0 Å². The van der Waals surface area contributed by atoms with Crippen LogP contribution in [0, 0.1) is 0 Å². The van der Waals surface area contributed by atoms with Crippen LogP contribution in [0.2, 0.25) is 0 Å². The lowest BCUT2D eigenvalue weighted by Gasteiger charge is -2.07. The van der Waals surface area contributed by atoms with Crippen LogP contribution in [-0.4, -0.2) is 30.0 Å². The molecule has 1 aliphatic rings. The summed E-state index contributed by atoms with van der Waals surface area (Å²) in [6.45, 7) is 0.620. The fourth-order valence-corrected chi connectivity index (χ4v) is 2.41. The summed E-state index contributed by atoms with van der Waals surface area (Å²) in [4.78, 5) is 13.2. The summed E-state index contributed by atoms with van der Waals surface area (Å²) in [5.41, 5.74) is 5.30. The summed E-state index contributed by atoms with van der Waals surface area (Å²) in [6.07, 6.45) is 0. The molecule has 3 N–H and O–H groups in total. The largest absolute Gasteiger partial charge is 0.546 e. The number of fused-ring (bicyclic) bond motifs is 1. The van der Waals surface area contributed by atoms with Crippen LogP contribution in [-0.2, 0) is 4.79 Å². The average Bonchev–Trinajstić information content (AvgIpc) is 2.96. The zero-order chi connectivity index (χ0) is 15.1. The second-order valence-electron chi connectivity index (χ2n) is 4.31. The third-order valence-electron chi connectivity index (χ3n) is 2.74. The van der Waals surface area contributed by atoms with Crippen LogP contribution >= 0.6 is 11.8 Å². The van der Waals surface area contributed by atoms with E-state index in [1.807, 2.05) is 30.3 Å². The van der Waals surface area contributed by atoms with Crippen molar-refractivity contribution >= 4 is 33.7 Å². The van der Waals surface area contributed by atoms with E-state index in [1.165, 1.54) is 0 Å². The van der Waals surface area contributed by atoms with E-state index in [0.717, 1.165) is 28.2 Å². The molecule has 3 rings (SSSR count). The molecule has 0 saturated carbocycles. The Bertz CT molecular complexity index is 658. The third-order valence-corrected chi connectivity index (χ3v) is 3.60. The molecule has 6 heteroatoms. The highest BCUT2D eigenvalue weighted by molar-refractivity contribution is 8.13. The summed E-state index contributed by atoms with van der Waals surface area (Å²) >= 11 is 1.68. The van der Waals surface area contributed by atoms with Crippen LogP contribution in [0.25, 0.3) is 10.8 Å². The molecule has 1 aliphatic heterocycles. The number of nitrogens with one attached hydrogen (secondary N) is 1. The molecule has 0 bridgehead atoms. The van der Waals surface area contributed by atoms with Crippen LogP contribution in [0.15, 0.2) is 42.5 Å². The van der Waals surface area contributed by atoms with Crippen molar-refractivity contribution in [2.24, 2.45) is 5.73 Å². The number of carbonyl (C=O) groups is 1. The highest BCUT2D eigenvalue weighted by atomic mass is 32.2. The summed E-state index contributed by atoms with van der Waals surface area (Å²) in [7, 11) is 0. The summed E-state index contributed by atoms with van der Waals surface area (Å²) in [5, 5.41) is 13.2. The molecule has 2 aromatic carbocycles. The van der Waals surface area contributed by atoms with Crippen LogP contribution < -0.4 is 20.6 Å². The van der Waals surface area contributed by atoms with Crippen molar-refractivity contribution in [1.82, 2.24) is 0 Å². The van der Waals surface area contributed by atoms with Gasteiger partial charge in [-0.2, -0.15) is 0 Å². The monoisotopic (exact) mass is 304 g/mol. The molecule has 21 heavy (non-hydrogen) atoms. The Balaban J connectivity index is 0.000000225. The topological polar surface area (TPSA) is 89.4 Å². The van der Waals surface area contributed by atoms with Gasteiger partial charge in [-0.15, -0.1) is 0 Å². The molecule has 0 unspecified atom stereocenters. The lowest BCUT2D eigenvalue weighted by molar-refractivity contribution is -0.445. The van der Waals surface area contributed by atoms with E-state index < -0.39 is 12.6 Å². The number of rotatable bonds is 3. The fourth-order valence-electron chi connectivity index (χ4n) is 1.79. The van der Waals surface area contributed by atoms with E-state index in [-0.39, 0.29) is 0 Å². The molecule has 0 aliphatic carbocycles. The van der Waals surface area contributed by atoms with E-state index >= 15 is 0 Å². The predicted octanol–water partition coefficient (Wildman–Crippen LogP) is -0.903. The van der Waals surface area contributed by atoms with E-state index in [2.05, 4.69) is 4.99 Å². The first-order valence-corrected chi connectivity index (χ1v) is 7.44. The van der Waals surface area contributed by atoms with E-state index in [4.69, 9.17) is 10.5 Å². The molecule has 0 fully saturated rings. The van der Waals surface area contributed by atoms with Gasteiger partial charge in [-0.05, 0) is 34.7 Å². The highest BCUT2D eigenvalue weighted by Gasteiger charge is 2.04. The molecule has 0 atom stereocenters. The first-order chi connectivity index (χ1) is 10.1. The highest BCUT2D eigenvalue weighted by Crippen LogP contribution is 2.20. The molecule has 0 amide bonds. The second kappa shape index (κ2) is 7.54. The first-order valence-electron chi connectivity index (χ1n) is 6.46. The number of carbonyl (C=O) groups excluding carboxylic acids is 1. The van der Waals surface area contributed by atoms with Gasteiger partial charge in [0.25, 0.3) is 0 Å². The Morgan fingerprint density at radius 3 is 2.62 bits per heavy atom. The molecule has 0 saturated heterocycles. The quantitative estimate of drug-likeness (QED) is 0.767. The molecular formula is C15H16N2O3S. The van der Waals surface area contributed by atoms with E-state index in [1.54, 1.807) is 23.9 Å². The van der Waals surface area contributed by atoms with Crippen molar-refractivity contribution in [1.29, 1.82) is 0 Å². The standard InChI is InChI=1S/C12H10O3.C3H6N2S/c13-12(14)8-15-11-6-5-9-3-1-2-4-10(9)7-11;4-3-5-1-2-6-3/h1-7H,8H2,(H,13,14);1-2H2,(H2,4,5). The maximum Gasteiger partial charge on any atom is 0.302 e. The van der Waals surface area contributed by atoms with Gasteiger partial charge in [0, 0.05) is 5.75 Å². The lowest BCUT2D eigenvalue weighted by atomic mass is 10.1.